The zero-order valence-electron chi connectivity index (χ0n) is 15.3. The molecule has 0 radical (unpaired) electrons. The molecule has 0 spiro atoms. The first-order valence-corrected chi connectivity index (χ1v) is 8.88. The van der Waals surface area contributed by atoms with Crippen LogP contribution in [0.5, 0.6) is 0 Å². The Morgan fingerprint density at radius 1 is 1.14 bits per heavy atom. The maximum absolute atomic E-state index is 12.3. The van der Waals surface area contributed by atoms with Gasteiger partial charge in [-0.2, -0.15) is 0 Å². The standard InChI is InChI=1S/C19H19N7O2/c1-13(27)25-8-7-14-9-16(5-6-18(14)25)22-19(28)11-20-15-3-2-4-17(10-15)26-12-21-23-24-26/h2-6,9-10,12,20H,7-8,11H2,1H3,(H,22,28). The molecule has 1 aromatic heterocycles. The van der Waals surface area contributed by atoms with Gasteiger partial charge in [-0.3, -0.25) is 9.59 Å². The number of hydrogen-bond acceptors (Lipinski definition) is 6. The molecule has 2 heterocycles. The van der Waals surface area contributed by atoms with Crippen molar-refractivity contribution in [3.63, 3.8) is 0 Å². The quantitative estimate of drug-likeness (QED) is 0.700. The smallest absolute Gasteiger partial charge is 0.243 e. The van der Waals surface area contributed by atoms with Crippen LogP contribution < -0.4 is 15.5 Å². The van der Waals surface area contributed by atoms with Crippen molar-refractivity contribution >= 4 is 28.9 Å². The maximum Gasteiger partial charge on any atom is 0.243 e. The Balaban J connectivity index is 1.37. The molecule has 0 fully saturated rings. The first-order valence-electron chi connectivity index (χ1n) is 8.88. The van der Waals surface area contributed by atoms with E-state index in [0.29, 0.717) is 6.54 Å². The highest BCUT2D eigenvalue weighted by Crippen LogP contribution is 2.30. The van der Waals surface area contributed by atoms with E-state index in [1.807, 2.05) is 42.5 Å². The van der Waals surface area contributed by atoms with Gasteiger partial charge in [0.05, 0.1) is 12.2 Å². The molecular weight excluding hydrogens is 358 g/mol. The van der Waals surface area contributed by atoms with Gasteiger partial charge >= 0.3 is 0 Å². The normalized spacial score (nSPS) is 12.5. The van der Waals surface area contributed by atoms with Crippen molar-refractivity contribution in [2.75, 3.05) is 28.6 Å². The summed E-state index contributed by atoms with van der Waals surface area (Å²) in [5.41, 5.74) is 4.29. The summed E-state index contributed by atoms with van der Waals surface area (Å²) in [4.78, 5) is 25.7. The summed E-state index contributed by atoms with van der Waals surface area (Å²) in [5.74, 6) is -0.127. The second-order valence-electron chi connectivity index (χ2n) is 6.47. The Hall–Kier alpha value is -3.75. The van der Waals surface area contributed by atoms with Gasteiger partial charge in [0.2, 0.25) is 11.8 Å². The Morgan fingerprint density at radius 2 is 2.04 bits per heavy atom. The SMILES string of the molecule is CC(=O)N1CCc2cc(NC(=O)CNc3cccc(-n4cnnn4)c3)ccc21. The number of tetrazole rings is 1. The lowest BCUT2D eigenvalue weighted by atomic mass is 10.1. The van der Waals surface area contributed by atoms with Gasteiger partial charge in [0.1, 0.15) is 6.33 Å². The van der Waals surface area contributed by atoms with Crippen molar-refractivity contribution in [2.24, 2.45) is 0 Å². The first kappa shape index (κ1) is 17.7. The second kappa shape index (κ2) is 7.47. The molecule has 0 aliphatic carbocycles. The minimum atomic E-state index is -0.158. The zero-order valence-corrected chi connectivity index (χ0v) is 15.3. The molecule has 9 heteroatoms. The minimum Gasteiger partial charge on any atom is -0.376 e. The van der Waals surface area contributed by atoms with Crippen LogP contribution >= 0.6 is 0 Å². The molecule has 1 aliphatic heterocycles. The number of rotatable bonds is 5. The number of aromatic nitrogens is 4. The third-order valence-electron chi connectivity index (χ3n) is 4.55. The van der Waals surface area contributed by atoms with E-state index in [1.165, 1.54) is 6.33 Å². The van der Waals surface area contributed by atoms with Crippen LogP contribution in [0.25, 0.3) is 5.69 Å². The molecule has 2 amide bonds. The van der Waals surface area contributed by atoms with Crippen LogP contribution in [0.4, 0.5) is 17.1 Å². The van der Waals surface area contributed by atoms with Crippen LogP contribution in [0, 0.1) is 0 Å². The number of carbonyl (C=O) groups excluding carboxylic acids is 2. The lowest BCUT2D eigenvalue weighted by Crippen LogP contribution is -2.25. The Kier molecular flexibility index (Phi) is 4.71. The minimum absolute atomic E-state index is 0.0311. The highest BCUT2D eigenvalue weighted by atomic mass is 16.2. The predicted molar refractivity (Wildman–Crippen MR) is 104 cm³/mol. The van der Waals surface area contributed by atoms with Crippen molar-refractivity contribution in [3.8, 4) is 5.69 Å². The van der Waals surface area contributed by atoms with Gasteiger partial charge < -0.3 is 15.5 Å². The molecule has 28 heavy (non-hydrogen) atoms. The number of anilines is 3. The fourth-order valence-electron chi connectivity index (χ4n) is 3.23. The molecule has 0 atom stereocenters. The molecule has 9 nitrogen and oxygen atoms in total. The lowest BCUT2D eigenvalue weighted by Gasteiger charge is -2.15. The van der Waals surface area contributed by atoms with E-state index in [9.17, 15) is 9.59 Å². The summed E-state index contributed by atoms with van der Waals surface area (Å²) < 4.78 is 1.54. The largest absolute Gasteiger partial charge is 0.376 e. The van der Waals surface area contributed by atoms with E-state index in [-0.39, 0.29) is 18.4 Å². The third kappa shape index (κ3) is 3.68. The summed E-state index contributed by atoms with van der Waals surface area (Å²) in [7, 11) is 0. The highest BCUT2D eigenvalue weighted by Gasteiger charge is 2.22. The van der Waals surface area contributed by atoms with Crippen LogP contribution in [-0.2, 0) is 16.0 Å². The number of nitrogens with one attached hydrogen (secondary N) is 2. The van der Waals surface area contributed by atoms with E-state index in [1.54, 1.807) is 16.5 Å². The average molecular weight is 377 g/mol. The number of benzene rings is 2. The zero-order chi connectivity index (χ0) is 19.5. The van der Waals surface area contributed by atoms with E-state index >= 15 is 0 Å². The van der Waals surface area contributed by atoms with Crippen molar-refractivity contribution in [1.29, 1.82) is 0 Å². The van der Waals surface area contributed by atoms with Gasteiger partial charge in [-0.05, 0) is 58.8 Å². The second-order valence-corrected chi connectivity index (χ2v) is 6.47. The molecule has 0 unspecified atom stereocenters. The molecule has 3 aromatic rings. The van der Waals surface area contributed by atoms with E-state index in [0.717, 1.165) is 34.7 Å². The molecule has 0 saturated heterocycles. The van der Waals surface area contributed by atoms with Gasteiger partial charge in [-0.25, -0.2) is 4.68 Å². The Morgan fingerprint density at radius 3 is 2.82 bits per heavy atom. The summed E-state index contributed by atoms with van der Waals surface area (Å²) in [6.07, 6.45) is 2.30. The number of nitrogens with zero attached hydrogens (tertiary/aromatic N) is 5. The van der Waals surface area contributed by atoms with Gasteiger partial charge in [-0.1, -0.05) is 6.07 Å². The highest BCUT2D eigenvalue weighted by molar-refractivity contribution is 5.96. The Bertz CT molecular complexity index is 1020. The van der Waals surface area contributed by atoms with Crippen molar-refractivity contribution in [3.05, 3.63) is 54.4 Å². The fourth-order valence-corrected chi connectivity index (χ4v) is 3.23. The van der Waals surface area contributed by atoms with Crippen LogP contribution in [0.15, 0.2) is 48.8 Å². The average Bonchev–Trinajstić information content (AvgIpc) is 3.36. The first-order chi connectivity index (χ1) is 13.6. The summed E-state index contributed by atoms with van der Waals surface area (Å²) in [5, 5.41) is 17.1. The predicted octanol–water partition coefficient (Wildman–Crippen LogP) is 1.62. The van der Waals surface area contributed by atoms with Crippen LogP contribution in [0.2, 0.25) is 0 Å². The number of amides is 2. The van der Waals surface area contributed by atoms with E-state index < -0.39 is 0 Å². The number of hydrogen-bond donors (Lipinski definition) is 2. The maximum atomic E-state index is 12.3. The molecule has 2 aromatic carbocycles. The summed E-state index contributed by atoms with van der Waals surface area (Å²) >= 11 is 0. The van der Waals surface area contributed by atoms with E-state index in [4.69, 9.17) is 0 Å². The monoisotopic (exact) mass is 377 g/mol. The number of fused-ring (bicyclic) bond motifs is 1. The summed E-state index contributed by atoms with van der Waals surface area (Å²) in [6.45, 7) is 2.36. The van der Waals surface area contributed by atoms with E-state index in [2.05, 4.69) is 26.2 Å². The number of carbonyl (C=O) groups is 2. The lowest BCUT2D eigenvalue weighted by molar-refractivity contribution is -0.116. The molecule has 0 bridgehead atoms. The van der Waals surface area contributed by atoms with Gasteiger partial charge in [0, 0.05) is 30.5 Å². The molecule has 0 saturated carbocycles. The molecule has 142 valence electrons. The van der Waals surface area contributed by atoms with Crippen LogP contribution in [0.1, 0.15) is 12.5 Å². The molecular formula is C19H19N7O2. The van der Waals surface area contributed by atoms with Gasteiger partial charge in [-0.15, -0.1) is 5.10 Å². The fraction of sp³-hybridized carbons (Fsp3) is 0.211. The van der Waals surface area contributed by atoms with Crippen molar-refractivity contribution < 1.29 is 9.59 Å². The molecule has 2 N–H and O–H groups in total. The molecule has 4 rings (SSSR count). The Labute approximate surface area is 161 Å². The van der Waals surface area contributed by atoms with Crippen molar-refractivity contribution in [1.82, 2.24) is 20.2 Å². The summed E-state index contributed by atoms with van der Waals surface area (Å²) in [6, 6.07) is 13.1. The third-order valence-corrected chi connectivity index (χ3v) is 4.55. The van der Waals surface area contributed by atoms with Crippen LogP contribution in [0.3, 0.4) is 0 Å². The van der Waals surface area contributed by atoms with Gasteiger partial charge in [0.15, 0.2) is 0 Å². The van der Waals surface area contributed by atoms with Crippen LogP contribution in [-0.4, -0.2) is 45.1 Å². The molecule has 1 aliphatic rings. The van der Waals surface area contributed by atoms with Crippen molar-refractivity contribution in [2.45, 2.75) is 13.3 Å². The van der Waals surface area contributed by atoms with Gasteiger partial charge in [0.25, 0.3) is 0 Å². The topological polar surface area (TPSA) is 105 Å².